The second-order valence-electron chi connectivity index (χ2n) is 17.8. The molecule has 2 N–H and O–H groups in total. The predicted octanol–water partition coefficient (Wildman–Crippen LogP) is -6.76. The van der Waals surface area contributed by atoms with E-state index < -0.39 is 10.9 Å². The zero-order valence-electron chi connectivity index (χ0n) is 36.8. The van der Waals surface area contributed by atoms with E-state index in [4.69, 9.17) is 4.98 Å². The first-order valence-corrected chi connectivity index (χ1v) is 21.1. The Hall–Kier alpha value is -5.36. The zero-order valence-corrected chi connectivity index (χ0v) is 36.8. The molecule has 0 aliphatic rings. The highest BCUT2D eigenvalue weighted by Crippen LogP contribution is 2.42. The molecule has 1 atom stereocenters. The van der Waals surface area contributed by atoms with E-state index in [2.05, 4.69) is 148 Å². The summed E-state index contributed by atoms with van der Waals surface area (Å²) in [5.41, 5.74) is 18.6. The van der Waals surface area contributed by atoms with Crippen LogP contribution >= 0.6 is 0 Å². The first-order chi connectivity index (χ1) is 28.5. The number of aromatic nitrogens is 2. The average Bonchev–Trinajstić information content (AvgIpc) is 3.65. The minimum atomic E-state index is -1.64. The van der Waals surface area contributed by atoms with Gasteiger partial charge >= 0.3 is 0 Å². The molecular formula is C45H43B11N2O2. The fourth-order valence-corrected chi connectivity index (χ4v) is 9.61. The minimum absolute atomic E-state index is 0.388. The van der Waals surface area contributed by atoms with Gasteiger partial charge in [-0.2, -0.15) is 0 Å². The third-order valence-corrected chi connectivity index (χ3v) is 14.2. The third kappa shape index (κ3) is 6.03. The molecule has 0 fully saturated rings. The van der Waals surface area contributed by atoms with Gasteiger partial charge in [0.05, 0.1) is 11.0 Å². The fourth-order valence-electron chi connectivity index (χ4n) is 9.61. The second kappa shape index (κ2) is 14.4. The predicted molar refractivity (Wildman–Crippen MR) is 290 cm³/mol. The van der Waals surface area contributed by atoms with Gasteiger partial charge in [0.1, 0.15) is 89.8 Å². The molecule has 0 radical (unpaired) electrons. The SMILES string of the molecule is Bc1c(B)c(B)c2c(-c3ccc4ccccc4c3)c3c(B)c(B)c(B)c(B)c3c(-c3cccc(-c4cccc(-n5c(C(B)(O)C(B)(B)O)nc6ccccc65)c4)c3)c2c1B. The molecule has 8 aromatic carbocycles. The standard InChI is InChI=1S/C45H43B11N2O2/c46-35-31-29(24-11-5-9-22(18-24)23-10-6-12-26(19-23)58-28-14-4-3-13-27(28)57-43(58)44(54,59)45(55,56)60)32-34(38(49)42(53)40(51)36(32)47)30(33(31)37(48)41(52)39(35)50)25-16-15-20-7-1-2-8-21(20)17-25/h1-19,59-60H,46-56H2. The van der Waals surface area contributed by atoms with Gasteiger partial charge in [-0.1, -0.05) is 101 Å². The van der Waals surface area contributed by atoms with E-state index in [1.54, 1.807) is 23.5 Å². The summed E-state index contributed by atoms with van der Waals surface area (Å²) in [5.74, 6) is 0.388. The number of nitrogens with zero attached hydrogens (tertiary/aromatic N) is 2. The van der Waals surface area contributed by atoms with Crippen LogP contribution in [0.5, 0.6) is 0 Å². The van der Waals surface area contributed by atoms with Crippen molar-refractivity contribution in [3.8, 4) is 39.1 Å². The van der Waals surface area contributed by atoms with Gasteiger partial charge in [-0.3, -0.25) is 4.57 Å². The fraction of sp³-hybridized carbons (Fsp3) is 0.0444. The van der Waals surface area contributed by atoms with E-state index in [1.165, 1.54) is 98.3 Å². The number of aliphatic hydroxyl groups is 2. The number of hydrogen-bond acceptors (Lipinski definition) is 3. The largest absolute Gasteiger partial charge is 0.405 e. The summed E-state index contributed by atoms with van der Waals surface area (Å²) in [6, 6.07) is 41.0. The lowest BCUT2D eigenvalue weighted by Crippen LogP contribution is -2.54. The number of benzene rings is 8. The normalized spacial score (nSPS) is 13.0. The molecule has 0 bridgehead atoms. The van der Waals surface area contributed by atoms with Crippen molar-refractivity contribution in [3.63, 3.8) is 0 Å². The van der Waals surface area contributed by atoms with Crippen molar-refractivity contribution in [1.82, 2.24) is 9.55 Å². The van der Waals surface area contributed by atoms with Gasteiger partial charge in [-0.15, -0.1) is 21.9 Å². The highest BCUT2D eigenvalue weighted by molar-refractivity contribution is 6.71. The monoisotopic (exact) mass is 764 g/mol. The van der Waals surface area contributed by atoms with Gasteiger partial charge in [0.25, 0.3) is 0 Å². The summed E-state index contributed by atoms with van der Waals surface area (Å²) in [6.07, 6.45) is 0. The van der Waals surface area contributed by atoms with Crippen LogP contribution in [0.1, 0.15) is 5.82 Å². The number of rotatable bonds is 6. The quantitative estimate of drug-likeness (QED) is 0.131. The number of hydrogen-bond donors (Lipinski definition) is 2. The van der Waals surface area contributed by atoms with Crippen molar-refractivity contribution >= 4 is 173 Å². The Morgan fingerprint density at radius 2 is 0.900 bits per heavy atom. The zero-order chi connectivity index (χ0) is 42.6. The van der Waals surface area contributed by atoms with Gasteiger partial charge in [0.2, 0.25) is 0 Å². The Morgan fingerprint density at radius 3 is 1.47 bits per heavy atom. The maximum absolute atomic E-state index is 11.8. The number of para-hydroxylation sites is 2. The van der Waals surface area contributed by atoms with Crippen molar-refractivity contribution in [1.29, 1.82) is 0 Å². The molecule has 0 spiro atoms. The maximum atomic E-state index is 11.8. The van der Waals surface area contributed by atoms with E-state index in [1.807, 2.05) is 34.9 Å². The topological polar surface area (TPSA) is 58.3 Å². The summed E-state index contributed by atoms with van der Waals surface area (Å²) >= 11 is 0. The van der Waals surface area contributed by atoms with E-state index >= 15 is 0 Å². The second-order valence-corrected chi connectivity index (χ2v) is 17.8. The number of imidazole rings is 1. The van der Waals surface area contributed by atoms with E-state index in [0.29, 0.717) is 5.82 Å². The highest BCUT2D eigenvalue weighted by Gasteiger charge is 2.43. The molecule has 0 aliphatic heterocycles. The van der Waals surface area contributed by atoms with Crippen LogP contribution in [0.4, 0.5) is 0 Å². The molecule has 15 heteroatoms. The molecule has 0 amide bonds. The molecule has 1 heterocycles. The molecule has 0 saturated carbocycles. The molecule has 1 unspecified atom stereocenters. The Labute approximate surface area is 362 Å². The smallest absolute Gasteiger partial charge is 0.154 e. The van der Waals surface area contributed by atoms with Crippen LogP contribution in [0.15, 0.2) is 115 Å². The first-order valence-electron chi connectivity index (χ1n) is 21.1. The molecule has 1 aromatic heterocycles. The lowest BCUT2D eigenvalue weighted by atomic mass is 9.49. The Balaban J connectivity index is 1.35. The molecular weight excluding hydrogens is 719 g/mol. The van der Waals surface area contributed by atoms with E-state index in [9.17, 15) is 10.2 Å². The van der Waals surface area contributed by atoms with Gasteiger partial charge in [-0.05, 0) is 102 Å². The summed E-state index contributed by atoms with van der Waals surface area (Å²) in [6.45, 7) is 0. The van der Waals surface area contributed by atoms with Crippen LogP contribution in [0, 0.1) is 0 Å². The van der Waals surface area contributed by atoms with E-state index in [0.717, 1.165) is 27.8 Å². The van der Waals surface area contributed by atoms with E-state index in [-0.39, 0.29) is 0 Å². The highest BCUT2D eigenvalue weighted by atomic mass is 16.3. The minimum Gasteiger partial charge on any atom is -0.405 e. The Bertz CT molecular complexity index is 3200. The molecule has 60 heavy (non-hydrogen) atoms. The van der Waals surface area contributed by atoms with Crippen LogP contribution in [0.25, 0.3) is 82.4 Å². The number of fused-ring (bicyclic) bond motifs is 4. The molecule has 4 nitrogen and oxygen atoms in total. The van der Waals surface area contributed by atoms with Crippen molar-refractivity contribution < 1.29 is 10.2 Å². The lowest BCUT2D eigenvalue weighted by molar-refractivity contribution is -0.00426. The van der Waals surface area contributed by atoms with Crippen molar-refractivity contribution in [2.75, 3.05) is 0 Å². The van der Waals surface area contributed by atoms with Gasteiger partial charge in [0, 0.05) is 11.1 Å². The Morgan fingerprint density at radius 1 is 0.433 bits per heavy atom. The van der Waals surface area contributed by atoms with Crippen molar-refractivity contribution in [3.05, 3.63) is 121 Å². The first kappa shape index (κ1) is 40.1. The van der Waals surface area contributed by atoms with Gasteiger partial charge in [0.15, 0.2) is 7.85 Å². The molecule has 9 aromatic rings. The van der Waals surface area contributed by atoms with Crippen LogP contribution < -0.4 is 43.7 Å². The van der Waals surface area contributed by atoms with Crippen LogP contribution in [-0.2, 0) is 5.50 Å². The molecule has 278 valence electrons. The summed E-state index contributed by atoms with van der Waals surface area (Å²) in [7, 11) is 23.3. The molecule has 0 saturated heterocycles. The Kier molecular flexibility index (Phi) is 9.61. The lowest BCUT2D eigenvalue weighted by Gasteiger charge is -2.36. The van der Waals surface area contributed by atoms with Crippen LogP contribution in [0.2, 0.25) is 0 Å². The third-order valence-electron chi connectivity index (χ3n) is 14.2. The maximum Gasteiger partial charge on any atom is 0.154 e. The van der Waals surface area contributed by atoms with Crippen LogP contribution in [-0.4, -0.2) is 111 Å². The van der Waals surface area contributed by atoms with Gasteiger partial charge in [-0.25, -0.2) is 4.98 Å². The van der Waals surface area contributed by atoms with Gasteiger partial charge < -0.3 is 10.2 Å². The van der Waals surface area contributed by atoms with Crippen molar-refractivity contribution in [2.45, 2.75) is 10.9 Å². The average molecular weight is 763 g/mol. The molecule has 0 aliphatic carbocycles. The summed E-state index contributed by atoms with van der Waals surface area (Å²) in [5, 5.41) is 29.3. The molecule has 9 rings (SSSR count). The summed E-state index contributed by atoms with van der Waals surface area (Å²) in [4.78, 5) is 4.90. The summed E-state index contributed by atoms with van der Waals surface area (Å²) < 4.78 is 1.99. The van der Waals surface area contributed by atoms with Crippen LogP contribution in [0.3, 0.4) is 0 Å². The van der Waals surface area contributed by atoms with Crippen molar-refractivity contribution in [2.24, 2.45) is 0 Å².